The quantitative estimate of drug-likeness (QED) is 0.916. The normalized spacial score (nSPS) is 25.0. The van der Waals surface area contributed by atoms with Crippen molar-refractivity contribution in [3.8, 4) is 11.5 Å². The molecule has 2 heterocycles. The lowest BCUT2D eigenvalue weighted by Gasteiger charge is -2.28. The predicted octanol–water partition coefficient (Wildman–Crippen LogP) is 1.51. The molecule has 21 heavy (non-hydrogen) atoms. The predicted molar refractivity (Wildman–Crippen MR) is 75.1 cm³/mol. The molecule has 0 amide bonds. The van der Waals surface area contributed by atoms with Crippen LogP contribution in [0.3, 0.4) is 0 Å². The highest BCUT2D eigenvalue weighted by Crippen LogP contribution is 2.37. The van der Waals surface area contributed by atoms with Gasteiger partial charge in [-0.15, -0.1) is 0 Å². The van der Waals surface area contributed by atoms with Gasteiger partial charge in [-0.05, 0) is 25.5 Å². The van der Waals surface area contributed by atoms with Gasteiger partial charge in [0.1, 0.15) is 12.7 Å². The van der Waals surface area contributed by atoms with Crippen LogP contribution in [-0.2, 0) is 9.84 Å². The first-order chi connectivity index (χ1) is 9.93. The number of sulfone groups is 1. The van der Waals surface area contributed by atoms with Crippen LogP contribution in [-0.4, -0.2) is 40.0 Å². The summed E-state index contributed by atoms with van der Waals surface area (Å²) in [6.45, 7) is 1.28. The van der Waals surface area contributed by atoms with Crippen LogP contribution in [0.2, 0.25) is 0 Å². The molecule has 5 nitrogen and oxygen atoms in total. The van der Waals surface area contributed by atoms with Crippen molar-refractivity contribution in [1.29, 1.82) is 0 Å². The summed E-state index contributed by atoms with van der Waals surface area (Å²) >= 11 is 0. The van der Waals surface area contributed by atoms with Gasteiger partial charge in [-0.1, -0.05) is 0 Å². The summed E-state index contributed by atoms with van der Waals surface area (Å²) in [6.07, 6.45) is 3.84. The fraction of sp³-hybridized carbons (Fsp3) is 0.571. The van der Waals surface area contributed by atoms with E-state index in [2.05, 4.69) is 5.32 Å². The Morgan fingerprint density at radius 2 is 2.24 bits per heavy atom. The Labute approximate surface area is 123 Å². The Balaban J connectivity index is 1.82. The van der Waals surface area contributed by atoms with E-state index in [1.54, 1.807) is 0 Å². The van der Waals surface area contributed by atoms with Gasteiger partial charge in [0.15, 0.2) is 27.2 Å². The standard InChI is InChI=1S/C14H18FNO4S/c1-21(17,18)11-6-12(15)14-13(7-11)20-10(8-19-14)5-9-3-2-4-16-9/h6-7,9-10,16H,2-5,8H2,1H3. The molecule has 1 N–H and O–H groups in total. The molecular weight excluding hydrogens is 297 g/mol. The highest BCUT2D eigenvalue weighted by molar-refractivity contribution is 7.90. The molecule has 0 saturated carbocycles. The van der Waals surface area contributed by atoms with Gasteiger partial charge < -0.3 is 14.8 Å². The van der Waals surface area contributed by atoms with Gasteiger partial charge in [-0.2, -0.15) is 0 Å². The molecule has 1 aromatic rings. The number of hydrogen-bond acceptors (Lipinski definition) is 5. The van der Waals surface area contributed by atoms with Crippen molar-refractivity contribution in [2.75, 3.05) is 19.4 Å². The minimum atomic E-state index is -3.49. The summed E-state index contributed by atoms with van der Waals surface area (Å²) in [6, 6.07) is 2.68. The molecule has 0 radical (unpaired) electrons. The van der Waals surface area contributed by atoms with Gasteiger partial charge in [0.2, 0.25) is 0 Å². The first kappa shape index (κ1) is 14.6. The molecule has 0 bridgehead atoms. The molecule has 3 rings (SSSR count). The Kier molecular flexibility index (Phi) is 3.79. The van der Waals surface area contributed by atoms with Crippen LogP contribution >= 0.6 is 0 Å². The first-order valence-corrected chi connectivity index (χ1v) is 8.89. The van der Waals surface area contributed by atoms with E-state index in [1.807, 2.05) is 0 Å². The third-order valence-corrected chi connectivity index (χ3v) is 4.92. The summed E-state index contributed by atoms with van der Waals surface area (Å²) in [5.74, 6) is -0.534. The van der Waals surface area contributed by atoms with Gasteiger partial charge >= 0.3 is 0 Å². The molecule has 2 aliphatic heterocycles. The summed E-state index contributed by atoms with van der Waals surface area (Å²) in [5, 5.41) is 3.37. The lowest BCUT2D eigenvalue weighted by atomic mass is 10.1. The number of hydrogen-bond donors (Lipinski definition) is 1. The second kappa shape index (κ2) is 5.46. The van der Waals surface area contributed by atoms with Crippen molar-refractivity contribution in [2.45, 2.75) is 36.3 Å². The highest BCUT2D eigenvalue weighted by Gasteiger charge is 2.29. The number of fused-ring (bicyclic) bond motifs is 1. The lowest BCUT2D eigenvalue weighted by Crippen LogP contribution is -2.36. The minimum Gasteiger partial charge on any atom is -0.483 e. The van der Waals surface area contributed by atoms with E-state index >= 15 is 0 Å². The Hall–Kier alpha value is -1.34. The van der Waals surface area contributed by atoms with Crippen molar-refractivity contribution < 1.29 is 22.3 Å². The van der Waals surface area contributed by atoms with E-state index < -0.39 is 15.7 Å². The fourth-order valence-corrected chi connectivity index (χ4v) is 3.41. The molecule has 1 aromatic carbocycles. The maximum Gasteiger partial charge on any atom is 0.197 e. The van der Waals surface area contributed by atoms with E-state index in [4.69, 9.17) is 9.47 Å². The molecule has 2 atom stereocenters. The zero-order valence-electron chi connectivity index (χ0n) is 11.8. The first-order valence-electron chi connectivity index (χ1n) is 7.00. The van der Waals surface area contributed by atoms with Crippen LogP contribution < -0.4 is 14.8 Å². The second-order valence-electron chi connectivity index (χ2n) is 5.58. The summed E-state index contributed by atoms with van der Waals surface area (Å²) in [5.41, 5.74) is 0. The smallest absolute Gasteiger partial charge is 0.197 e. The number of ether oxygens (including phenoxy) is 2. The summed E-state index contributed by atoms with van der Waals surface area (Å²) in [7, 11) is -3.49. The maximum atomic E-state index is 13.9. The van der Waals surface area contributed by atoms with Crippen LogP contribution in [0.25, 0.3) is 0 Å². The Morgan fingerprint density at radius 1 is 1.43 bits per heavy atom. The zero-order chi connectivity index (χ0) is 15.0. The van der Waals surface area contributed by atoms with E-state index in [0.29, 0.717) is 6.04 Å². The van der Waals surface area contributed by atoms with Crippen molar-refractivity contribution in [3.63, 3.8) is 0 Å². The fourth-order valence-electron chi connectivity index (χ4n) is 2.77. The SMILES string of the molecule is CS(=O)(=O)c1cc(F)c2c(c1)OC(CC1CCCN1)CO2. The Bertz CT molecular complexity index is 641. The van der Waals surface area contributed by atoms with Crippen molar-refractivity contribution in [3.05, 3.63) is 17.9 Å². The minimum absolute atomic E-state index is 0.00182. The van der Waals surface area contributed by atoms with Crippen LogP contribution in [0, 0.1) is 5.82 Å². The lowest BCUT2D eigenvalue weighted by molar-refractivity contribution is 0.0739. The molecule has 0 spiro atoms. The van der Waals surface area contributed by atoms with Crippen LogP contribution in [0.15, 0.2) is 17.0 Å². The van der Waals surface area contributed by atoms with E-state index in [9.17, 15) is 12.8 Å². The van der Waals surface area contributed by atoms with E-state index in [0.717, 1.165) is 38.1 Å². The van der Waals surface area contributed by atoms with Crippen molar-refractivity contribution >= 4 is 9.84 Å². The summed E-state index contributed by atoms with van der Waals surface area (Å²) in [4.78, 5) is -0.0954. The molecule has 116 valence electrons. The van der Waals surface area contributed by atoms with E-state index in [1.165, 1.54) is 6.07 Å². The van der Waals surface area contributed by atoms with Crippen molar-refractivity contribution in [2.24, 2.45) is 0 Å². The largest absolute Gasteiger partial charge is 0.483 e. The third kappa shape index (κ3) is 3.13. The highest BCUT2D eigenvalue weighted by atomic mass is 32.2. The molecule has 2 aliphatic rings. The summed E-state index contributed by atoms with van der Waals surface area (Å²) < 4.78 is 48.2. The van der Waals surface area contributed by atoms with Gasteiger partial charge in [0.25, 0.3) is 0 Å². The average molecular weight is 315 g/mol. The van der Waals surface area contributed by atoms with Crippen molar-refractivity contribution in [1.82, 2.24) is 5.32 Å². The number of halogens is 1. The maximum absolute atomic E-state index is 13.9. The number of benzene rings is 1. The molecule has 0 aliphatic carbocycles. The molecular formula is C14H18FNO4S. The van der Waals surface area contributed by atoms with Gasteiger partial charge in [-0.3, -0.25) is 0 Å². The van der Waals surface area contributed by atoms with Gasteiger partial charge in [0.05, 0.1) is 4.90 Å². The molecule has 1 fully saturated rings. The third-order valence-electron chi connectivity index (χ3n) is 3.83. The molecule has 7 heteroatoms. The van der Waals surface area contributed by atoms with Crippen LogP contribution in [0.1, 0.15) is 19.3 Å². The number of rotatable bonds is 3. The Morgan fingerprint density at radius 3 is 2.90 bits per heavy atom. The second-order valence-corrected chi connectivity index (χ2v) is 7.60. The van der Waals surface area contributed by atoms with E-state index in [-0.39, 0.29) is 29.1 Å². The molecule has 2 unspecified atom stereocenters. The van der Waals surface area contributed by atoms with Crippen LogP contribution in [0.4, 0.5) is 4.39 Å². The topological polar surface area (TPSA) is 64.6 Å². The monoisotopic (exact) mass is 315 g/mol. The van der Waals surface area contributed by atoms with Crippen LogP contribution in [0.5, 0.6) is 11.5 Å². The van der Waals surface area contributed by atoms with Gasteiger partial charge in [0, 0.05) is 24.8 Å². The average Bonchev–Trinajstić information content (AvgIpc) is 2.90. The number of nitrogens with one attached hydrogen (secondary N) is 1. The van der Waals surface area contributed by atoms with Gasteiger partial charge in [-0.25, -0.2) is 12.8 Å². The molecule has 0 aromatic heterocycles. The zero-order valence-corrected chi connectivity index (χ0v) is 12.6. The molecule has 1 saturated heterocycles.